The molecule has 0 N–H and O–H groups in total. The molecule has 11 heavy (non-hydrogen) atoms. The van der Waals surface area contributed by atoms with Gasteiger partial charge in [-0.3, -0.25) is 0 Å². The van der Waals surface area contributed by atoms with Crippen LogP contribution in [0.25, 0.3) is 0 Å². The van der Waals surface area contributed by atoms with Crippen LogP contribution in [0.5, 0.6) is 0 Å². The van der Waals surface area contributed by atoms with Crippen LogP contribution in [0.15, 0.2) is 0 Å². The van der Waals surface area contributed by atoms with Crippen molar-refractivity contribution < 1.29 is 0 Å². The van der Waals surface area contributed by atoms with Crippen LogP contribution in [-0.2, 0) is 0 Å². The highest BCUT2D eigenvalue weighted by molar-refractivity contribution is 4.81. The molecule has 2 aliphatic rings. The summed E-state index contributed by atoms with van der Waals surface area (Å²) >= 11 is 0. The summed E-state index contributed by atoms with van der Waals surface area (Å²) in [6, 6.07) is 0. The third kappa shape index (κ3) is 1.74. The van der Waals surface area contributed by atoms with Crippen LogP contribution in [0.2, 0.25) is 0 Å². The molecule has 2 heterocycles. The molecule has 0 bridgehead atoms. The molecular formula is C9H18N2. The first-order valence-electron chi connectivity index (χ1n) is 4.75. The lowest BCUT2D eigenvalue weighted by Gasteiger charge is -2.38. The standard InChI is InChI=1S/C9H18N2/c1-10-6-9(7-10)8-11-4-2-3-5-11/h9H,2-8H2,1H3. The number of hydrogen-bond acceptors (Lipinski definition) is 2. The molecule has 64 valence electrons. The van der Waals surface area contributed by atoms with E-state index >= 15 is 0 Å². The van der Waals surface area contributed by atoms with Gasteiger partial charge in [0.15, 0.2) is 0 Å². The first-order valence-corrected chi connectivity index (χ1v) is 4.75. The van der Waals surface area contributed by atoms with Crippen molar-refractivity contribution in [2.24, 2.45) is 5.92 Å². The molecule has 0 atom stereocenters. The van der Waals surface area contributed by atoms with E-state index in [0.29, 0.717) is 0 Å². The number of rotatable bonds is 2. The maximum absolute atomic E-state index is 2.62. The van der Waals surface area contributed by atoms with Gasteiger partial charge in [0.2, 0.25) is 0 Å². The summed E-state index contributed by atoms with van der Waals surface area (Å²) in [6.45, 7) is 6.75. The van der Waals surface area contributed by atoms with Gasteiger partial charge < -0.3 is 9.80 Å². The maximum atomic E-state index is 2.62. The van der Waals surface area contributed by atoms with Crippen molar-refractivity contribution in [1.29, 1.82) is 0 Å². The lowest BCUT2D eigenvalue weighted by molar-refractivity contribution is 0.0997. The molecule has 0 aromatic heterocycles. The highest BCUT2D eigenvalue weighted by Gasteiger charge is 2.25. The van der Waals surface area contributed by atoms with E-state index in [0.717, 1.165) is 5.92 Å². The Hall–Kier alpha value is -0.0800. The Morgan fingerprint density at radius 1 is 1.18 bits per heavy atom. The van der Waals surface area contributed by atoms with E-state index in [4.69, 9.17) is 0 Å². The van der Waals surface area contributed by atoms with Gasteiger partial charge in [0.1, 0.15) is 0 Å². The molecule has 0 amide bonds. The van der Waals surface area contributed by atoms with Crippen molar-refractivity contribution in [3.05, 3.63) is 0 Å². The average Bonchev–Trinajstić information content (AvgIpc) is 2.36. The molecule has 2 aliphatic heterocycles. The van der Waals surface area contributed by atoms with Crippen LogP contribution < -0.4 is 0 Å². The van der Waals surface area contributed by atoms with Crippen molar-refractivity contribution in [2.75, 3.05) is 39.8 Å². The first-order chi connectivity index (χ1) is 5.34. The second-order valence-electron chi connectivity index (χ2n) is 4.09. The van der Waals surface area contributed by atoms with E-state index in [2.05, 4.69) is 16.8 Å². The molecule has 0 unspecified atom stereocenters. The lowest BCUT2D eigenvalue weighted by Crippen LogP contribution is -2.48. The monoisotopic (exact) mass is 154 g/mol. The maximum Gasteiger partial charge on any atom is 0.00342 e. The highest BCUT2D eigenvalue weighted by Crippen LogP contribution is 2.17. The Morgan fingerprint density at radius 2 is 1.82 bits per heavy atom. The minimum Gasteiger partial charge on any atom is -0.306 e. The quantitative estimate of drug-likeness (QED) is 0.576. The van der Waals surface area contributed by atoms with Crippen molar-refractivity contribution in [1.82, 2.24) is 9.80 Å². The zero-order valence-corrected chi connectivity index (χ0v) is 7.42. The molecule has 2 rings (SSSR count). The van der Waals surface area contributed by atoms with Gasteiger partial charge in [-0.15, -0.1) is 0 Å². The Kier molecular flexibility index (Phi) is 2.14. The summed E-state index contributed by atoms with van der Waals surface area (Å²) in [5.74, 6) is 0.984. The van der Waals surface area contributed by atoms with E-state index in [9.17, 15) is 0 Å². The van der Waals surface area contributed by atoms with Gasteiger partial charge in [0.05, 0.1) is 0 Å². The summed E-state index contributed by atoms with van der Waals surface area (Å²) in [6.07, 6.45) is 2.87. The minimum atomic E-state index is 0.984. The van der Waals surface area contributed by atoms with Crippen LogP contribution in [0.4, 0.5) is 0 Å². The second-order valence-corrected chi connectivity index (χ2v) is 4.09. The fraction of sp³-hybridized carbons (Fsp3) is 1.00. The van der Waals surface area contributed by atoms with Crippen LogP contribution in [0.3, 0.4) is 0 Å². The average molecular weight is 154 g/mol. The van der Waals surface area contributed by atoms with E-state index in [1.165, 1.54) is 45.6 Å². The van der Waals surface area contributed by atoms with E-state index < -0.39 is 0 Å². The molecule has 2 saturated heterocycles. The largest absolute Gasteiger partial charge is 0.306 e. The summed E-state index contributed by atoms with van der Waals surface area (Å²) < 4.78 is 0. The van der Waals surface area contributed by atoms with Gasteiger partial charge in [-0.25, -0.2) is 0 Å². The summed E-state index contributed by atoms with van der Waals surface area (Å²) in [7, 11) is 2.21. The van der Waals surface area contributed by atoms with Crippen molar-refractivity contribution in [3.63, 3.8) is 0 Å². The molecule has 0 aromatic rings. The zero-order valence-electron chi connectivity index (χ0n) is 7.42. The molecule has 2 heteroatoms. The van der Waals surface area contributed by atoms with Crippen LogP contribution in [0.1, 0.15) is 12.8 Å². The Bertz CT molecular complexity index is 124. The van der Waals surface area contributed by atoms with Gasteiger partial charge in [-0.05, 0) is 38.9 Å². The van der Waals surface area contributed by atoms with Gasteiger partial charge in [0, 0.05) is 19.6 Å². The van der Waals surface area contributed by atoms with Gasteiger partial charge >= 0.3 is 0 Å². The smallest absolute Gasteiger partial charge is 0.00342 e. The van der Waals surface area contributed by atoms with Crippen LogP contribution in [-0.4, -0.2) is 49.6 Å². The van der Waals surface area contributed by atoms with Crippen molar-refractivity contribution in [3.8, 4) is 0 Å². The minimum absolute atomic E-state index is 0.984. The molecular weight excluding hydrogens is 136 g/mol. The highest BCUT2D eigenvalue weighted by atomic mass is 15.2. The second kappa shape index (κ2) is 3.11. The predicted octanol–water partition coefficient (Wildman–Crippen LogP) is 0.644. The van der Waals surface area contributed by atoms with E-state index in [1.54, 1.807) is 0 Å². The van der Waals surface area contributed by atoms with Gasteiger partial charge in [-0.2, -0.15) is 0 Å². The Labute approximate surface area is 69.2 Å². The molecule has 0 aromatic carbocycles. The lowest BCUT2D eigenvalue weighted by atomic mass is 10.0. The number of hydrogen-bond donors (Lipinski definition) is 0. The van der Waals surface area contributed by atoms with Crippen molar-refractivity contribution in [2.45, 2.75) is 12.8 Å². The van der Waals surface area contributed by atoms with Crippen LogP contribution >= 0.6 is 0 Å². The summed E-state index contributed by atoms with van der Waals surface area (Å²) in [4.78, 5) is 5.03. The summed E-state index contributed by atoms with van der Waals surface area (Å²) in [5.41, 5.74) is 0. The molecule has 0 aliphatic carbocycles. The first kappa shape index (κ1) is 7.56. The SMILES string of the molecule is CN1CC(CN2CCCC2)C1. The Morgan fingerprint density at radius 3 is 2.36 bits per heavy atom. The molecule has 0 radical (unpaired) electrons. The predicted molar refractivity (Wildman–Crippen MR) is 46.7 cm³/mol. The fourth-order valence-corrected chi connectivity index (χ4v) is 2.27. The van der Waals surface area contributed by atoms with Crippen LogP contribution in [0, 0.1) is 5.92 Å². The number of likely N-dealkylation sites (tertiary alicyclic amines) is 2. The molecule has 0 saturated carbocycles. The van der Waals surface area contributed by atoms with Crippen molar-refractivity contribution >= 4 is 0 Å². The molecule has 2 fully saturated rings. The topological polar surface area (TPSA) is 6.48 Å². The van der Waals surface area contributed by atoms with Gasteiger partial charge in [0.25, 0.3) is 0 Å². The van der Waals surface area contributed by atoms with E-state index in [1.807, 2.05) is 0 Å². The molecule has 0 spiro atoms. The van der Waals surface area contributed by atoms with E-state index in [-0.39, 0.29) is 0 Å². The Balaban J connectivity index is 1.66. The van der Waals surface area contributed by atoms with Gasteiger partial charge in [-0.1, -0.05) is 0 Å². The number of nitrogens with zero attached hydrogens (tertiary/aromatic N) is 2. The summed E-state index contributed by atoms with van der Waals surface area (Å²) in [5, 5.41) is 0. The fourth-order valence-electron chi connectivity index (χ4n) is 2.27. The third-order valence-corrected chi connectivity index (χ3v) is 2.85. The third-order valence-electron chi connectivity index (χ3n) is 2.85. The molecule has 2 nitrogen and oxygen atoms in total. The normalized spacial score (nSPS) is 29.2. The zero-order chi connectivity index (χ0) is 7.68.